The van der Waals surface area contributed by atoms with Crippen LogP contribution in [0.3, 0.4) is 0 Å². The summed E-state index contributed by atoms with van der Waals surface area (Å²) in [6.45, 7) is -0.423. The Labute approximate surface area is 115 Å². The van der Waals surface area contributed by atoms with Crippen LogP contribution in [0, 0.1) is 0 Å². The van der Waals surface area contributed by atoms with Gasteiger partial charge in [0.25, 0.3) is 5.91 Å². The zero-order valence-corrected chi connectivity index (χ0v) is 10.6. The van der Waals surface area contributed by atoms with Crippen molar-refractivity contribution in [2.24, 2.45) is 0 Å². The molecule has 0 saturated carbocycles. The quantitative estimate of drug-likeness (QED) is 0.706. The summed E-state index contributed by atoms with van der Waals surface area (Å²) in [4.78, 5) is 24.0. The first-order valence-electron chi connectivity index (χ1n) is 6.10. The second kappa shape index (κ2) is 5.79. The summed E-state index contributed by atoms with van der Waals surface area (Å²) in [7, 11) is 0. The average molecular weight is 281 g/mol. The summed E-state index contributed by atoms with van der Waals surface area (Å²) in [5, 5.41) is 27.9. The van der Waals surface area contributed by atoms with Gasteiger partial charge in [0.1, 0.15) is 6.04 Å². The summed E-state index contributed by atoms with van der Waals surface area (Å²) >= 11 is 0. The number of amides is 1. The molecule has 7 nitrogen and oxygen atoms in total. The van der Waals surface area contributed by atoms with Gasteiger partial charge in [0, 0.05) is 13.0 Å². The van der Waals surface area contributed by atoms with Gasteiger partial charge < -0.3 is 25.0 Å². The van der Waals surface area contributed by atoms with Crippen LogP contribution in [0.4, 0.5) is 0 Å². The molecular weight excluding hydrogens is 266 g/mol. The Bertz CT molecular complexity index is 517. The van der Waals surface area contributed by atoms with Crippen molar-refractivity contribution in [3.63, 3.8) is 0 Å². The summed E-state index contributed by atoms with van der Waals surface area (Å²) in [5.41, 5.74) is 0. The van der Waals surface area contributed by atoms with E-state index in [4.69, 9.17) is 9.84 Å². The number of para-hydroxylation sites is 2. The van der Waals surface area contributed by atoms with E-state index in [0.29, 0.717) is 0 Å². The molecule has 0 radical (unpaired) electrons. The number of likely N-dealkylation sites (tertiary alicyclic amines) is 1. The molecule has 20 heavy (non-hydrogen) atoms. The Morgan fingerprint density at radius 3 is 2.70 bits per heavy atom. The highest BCUT2D eigenvalue weighted by Crippen LogP contribution is 2.25. The minimum Gasteiger partial charge on any atom is -0.504 e. The minimum absolute atomic E-state index is 0.0116. The molecular formula is C13H15NO6. The highest BCUT2D eigenvalue weighted by Gasteiger charge is 2.38. The molecule has 1 fully saturated rings. The van der Waals surface area contributed by atoms with Crippen LogP contribution >= 0.6 is 0 Å². The molecule has 1 heterocycles. The molecule has 0 spiro atoms. The molecule has 0 unspecified atom stereocenters. The number of ether oxygens (including phenoxy) is 1. The van der Waals surface area contributed by atoms with Gasteiger partial charge in [0.05, 0.1) is 6.10 Å². The number of carboxylic acids is 1. The molecule has 1 aliphatic rings. The Balaban J connectivity index is 1.98. The van der Waals surface area contributed by atoms with Crippen molar-refractivity contribution in [2.75, 3.05) is 13.2 Å². The van der Waals surface area contributed by atoms with Crippen molar-refractivity contribution in [3.05, 3.63) is 24.3 Å². The summed E-state index contributed by atoms with van der Waals surface area (Å²) in [6, 6.07) is 5.13. The van der Waals surface area contributed by atoms with Crippen LogP contribution < -0.4 is 4.74 Å². The Morgan fingerprint density at radius 2 is 2.05 bits per heavy atom. The number of benzene rings is 1. The number of phenolic OH excluding ortho intramolecular Hbond substituents is 1. The number of phenols is 1. The fraction of sp³-hybridized carbons (Fsp3) is 0.385. The number of carboxylic acid groups (broad SMARTS) is 1. The van der Waals surface area contributed by atoms with Crippen molar-refractivity contribution in [3.8, 4) is 11.5 Å². The third-order valence-corrected chi connectivity index (χ3v) is 3.10. The van der Waals surface area contributed by atoms with Crippen LogP contribution in [0.1, 0.15) is 6.42 Å². The lowest BCUT2D eigenvalue weighted by molar-refractivity contribution is -0.149. The van der Waals surface area contributed by atoms with E-state index in [9.17, 15) is 19.8 Å². The van der Waals surface area contributed by atoms with Crippen molar-refractivity contribution in [1.82, 2.24) is 4.90 Å². The van der Waals surface area contributed by atoms with Crippen molar-refractivity contribution < 1.29 is 29.6 Å². The lowest BCUT2D eigenvalue weighted by Gasteiger charge is -2.21. The van der Waals surface area contributed by atoms with E-state index < -0.39 is 30.6 Å². The summed E-state index contributed by atoms with van der Waals surface area (Å²) < 4.78 is 5.16. The Hall–Kier alpha value is -2.28. The topological polar surface area (TPSA) is 107 Å². The summed E-state index contributed by atoms with van der Waals surface area (Å²) in [6.07, 6.45) is -0.831. The monoisotopic (exact) mass is 281 g/mol. The molecule has 1 aliphatic heterocycles. The number of nitrogens with zero attached hydrogens (tertiary/aromatic N) is 1. The van der Waals surface area contributed by atoms with Gasteiger partial charge >= 0.3 is 5.97 Å². The maximum Gasteiger partial charge on any atom is 0.326 e. The molecule has 1 aromatic rings. The van der Waals surface area contributed by atoms with Crippen LogP contribution in [0.5, 0.6) is 11.5 Å². The largest absolute Gasteiger partial charge is 0.504 e. The second-order valence-corrected chi connectivity index (χ2v) is 4.55. The molecule has 3 N–H and O–H groups in total. The zero-order chi connectivity index (χ0) is 14.7. The van der Waals surface area contributed by atoms with Gasteiger partial charge in [-0.1, -0.05) is 12.1 Å². The SMILES string of the molecule is O=C(O)[C@H]1C[C@@H](O)CN1C(=O)COc1ccccc1O. The van der Waals surface area contributed by atoms with Gasteiger partial charge in [0.2, 0.25) is 0 Å². The first-order valence-corrected chi connectivity index (χ1v) is 6.10. The number of hydrogen-bond donors (Lipinski definition) is 3. The number of carbonyl (C=O) groups is 2. The van der Waals surface area contributed by atoms with Crippen molar-refractivity contribution >= 4 is 11.9 Å². The Morgan fingerprint density at radius 1 is 1.35 bits per heavy atom. The molecule has 0 aliphatic carbocycles. The van der Waals surface area contributed by atoms with Gasteiger partial charge in [-0.05, 0) is 12.1 Å². The van der Waals surface area contributed by atoms with E-state index >= 15 is 0 Å². The van der Waals surface area contributed by atoms with Crippen LogP contribution in [0.25, 0.3) is 0 Å². The molecule has 1 aromatic carbocycles. The predicted octanol–water partition coefficient (Wildman–Crippen LogP) is -0.183. The average Bonchev–Trinajstić information content (AvgIpc) is 2.80. The molecule has 0 bridgehead atoms. The molecule has 2 atom stereocenters. The van der Waals surface area contributed by atoms with Crippen LogP contribution in [-0.2, 0) is 9.59 Å². The smallest absolute Gasteiger partial charge is 0.326 e. The van der Waals surface area contributed by atoms with Crippen LogP contribution in [0.2, 0.25) is 0 Å². The second-order valence-electron chi connectivity index (χ2n) is 4.55. The van der Waals surface area contributed by atoms with E-state index in [1.165, 1.54) is 12.1 Å². The van der Waals surface area contributed by atoms with E-state index in [-0.39, 0.29) is 24.5 Å². The highest BCUT2D eigenvalue weighted by atomic mass is 16.5. The Kier molecular flexibility index (Phi) is 4.09. The maximum absolute atomic E-state index is 11.9. The summed E-state index contributed by atoms with van der Waals surface area (Å²) in [5.74, 6) is -1.65. The molecule has 108 valence electrons. The molecule has 7 heteroatoms. The first kappa shape index (κ1) is 14.1. The first-order chi connectivity index (χ1) is 9.49. The van der Waals surface area contributed by atoms with Gasteiger partial charge in [-0.15, -0.1) is 0 Å². The number of aliphatic hydroxyl groups excluding tert-OH is 1. The third-order valence-electron chi connectivity index (χ3n) is 3.10. The van der Waals surface area contributed by atoms with E-state index in [2.05, 4.69) is 0 Å². The van der Waals surface area contributed by atoms with E-state index in [1.807, 2.05) is 0 Å². The van der Waals surface area contributed by atoms with Gasteiger partial charge in [-0.25, -0.2) is 4.79 Å². The number of β-amino-alcohol motifs (C(OH)–C–C–N with tert-alkyl or cyclic N) is 1. The van der Waals surface area contributed by atoms with E-state index in [0.717, 1.165) is 4.90 Å². The molecule has 1 amide bonds. The number of aromatic hydroxyl groups is 1. The van der Waals surface area contributed by atoms with Crippen LogP contribution in [0.15, 0.2) is 24.3 Å². The van der Waals surface area contributed by atoms with Crippen molar-refractivity contribution in [2.45, 2.75) is 18.6 Å². The number of carbonyl (C=O) groups excluding carboxylic acids is 1. The maximum atomic E-state index is 11.9. The normalized spacial score (nSPS) is 21.8. The van der Waals surface area contributed by atoms with Gasteiger partial charge in [0.15, 0.2) is 18.1 Å². The number of aliphatic hydroxyl groups is 1. The van der Waals surface area contributed by atoms with Crippen molar-refractivity contribution in [1.29, 1.82) is 0 Å². The molecule has 2 rings (SSSR count). The lowest BCUT2D eigenvalue weighted by atomic mass is 10.2. The third kappa shape index (κ3) is 3.00. The minimum atomic E-state index is -1.16. The van der Waals surface area contributed by atoms with Gasteiger partial charge in [-0.2, -0.15) is 0 Å². The van der Waals surface area contributed by atoms with Gasteiger partial charge in [-0.3, -0.25) is 4.79 Å². The molecule has 0 aromatic heterocycles. The highest BCUT2D eigenvalue weighted by molar-refractivity contribution is 5.85. The number of aliphatic carboxylic acids is 1. The number of rotatable bonds is 4. The molecule has 1 saturated heterocycles. The zero-order valence-electron chi connectivity index (χ0n) is 10.6. The lowest BCUT2D eigenvalue weighted by Crippen LogP contribution is -2.42. The predicted molar refractivity (Wildman–Crippen MR) is 67.4 cm³/mol. The van der Waals surface area contributed by atoms with E-state index in [1.54, 1.807) is 12.1 Å². The van der Waals surface area contributed by atoms with Crippen LogP contribution in [-0.4, -0.2) is 57.4 Å². The fourth-order valence-corrected chi connectivity index (χ4v) is 2.13. The fourth-order valence-electron chi connectivity index (χ4n) is 2.13. The standard InChI is InChI=1S/C13H15NO6/c15-8-5-9(13(18)19)14(6-8)12(17)7-20-11-4-2-1-3-10(11)16/h1-4,8-9,15-16H,5-7H2,(H,18,19)/t8-,9-/m1/s1. The number of hydrogen-bond acceptors (Lipinski definition) is 5.